The second kappa shape index (κ2) is 18.6. The number of nitrogens with one attached hydrogen (secondary N) is 2. The van der Waals surface area contributed by atoms with Crippen LogP contribution >= 0.6 is 90.4 Å². The molecule has 0 fully saturated rings. The number of nitrogens with zero attached hydrogens (tertiary/aromatic N) is 2. The zero-order valence-electron chi connectivity index (χ0n) is 24.5. The number of ether oxygens (including phenoxy) is 2. The van der Waals surface area contributed by atoms with Crippen LogP contribution in [0.3, 0.4) is 0 Å². The molecule has 2 aromatic rings. The molecule has 0 heterocycles. The quantitative estimate of drug-likeness (QED) is 0.179. The second-order valence-electron chi connectivity index (χ2n) is 10.2. The van der Waals surface area contributed by atoms with E-state index in [1.807, 2.05) is 38.0 Å². The molecule has 2 rings (SSSR count). The van der Waals surface area contributed by atoms with Crippen molar-refractivity contribution in [2.45, 2.75) is 44.2 Å². The number of likely N-dealkylation sites (N-methyl/N-ethyl adjacent to an activating group) is 2. The number of amides is 2. The van der Waals surface area contributed by atoms with E-state index in [9.17, 15) is 9.59 Å². The van der Waals surface area contributed by atoms with Gasteiger partial charge in [0, 0.05) is 13.1 Å². The van der Waals surface area contributed by atoms with E-state index in [1.165, 1.54) is 0 Å². The molecule has 41 heavy (non-hydrogen) atoms. The summed E-state index contributed by atoms with van der Waals surface area (Å²) in [6.07, 6.45) is 3.90. The highest BCUT2D eigenvalue weighted by atomic mass is 127. The van der Waals surface area contributed by atoms with Gasteiger partial charge in [-0.2, -0.15) is 0 Å². The molecule has 0 aliphatic rings. The summed E-state index contributed by atoms with van der Waals surface area (Å²) in [4.78, 5) is 29.9. The summed E-state index contributed by atoms with van der Waals surface area (Å²) in [5, 5.41) is 6.20. The Morgan fingerprint density at radius 3 is 1.24 bits per heavy atom. The number of rotatable bonds is 16. The van der Waals surface area contributed by atoms with E-state index >= 15 is 0 Å². The topological polar surface area (TPSA) is 83.1 Å². The Kier molecular flexibility index (Phi) is 16.8. The highest BCUT2D eigenvalue weighted by Gasteiger charge is 2.23. The molecule has 228 valence electrons. The number of hydrogen-bond acceptors (Lipinski definition) is 6. The van der Waals surface area contributed by atoms with Crippen LogP contribution in [0.5, 0.6) is 11.5 Å². The molecule has 0 spiro atoms. The fraction of sp³-hybridized carbons (Fsp3) is 0.517. The summed E-state index contributed by atoms with van der Waals surface area (Å²) in [5.74, 6) is 1.80. The van der Waals surface area contributed by atoms with Gasteiger partial charge < -0.3 is 20.1 Å². The van der Waals surface area contributed by atoms with Crippen LogP contribution in [0, 0.1) is 14.3 Å². The molecule has 2 amide bonds. The molecule has 0 aromatic heterocycles. The van der Waals surface area contributed by atoms with Crippen molar-refractivity contribution < 1.29 is 19.1 Å². The van der Waals surface area contributed by atoms with Crippen molar-refractivity contribution in [3.8, 4) is 11.5 Å². The maximum atomic E-state index is 13.0. The smallest absolute Gasteiger partial charge is 0.237 e. The molecule has 2 atom stereocenters. The first-order chi connectivity index (χ1) is 19.4. The first kappa shape index (κ1) is 37.0. The van der Waals surface area contributed by atoms with Gasteiger partial charge in [0.05, 0.1) is 40.6 Å². The fourth-order valence-electron chi connectivity index (χ4n) is 4.40. The van der Waals surface area contributed by atoms with Crippen molar-refractivity contribution in [1.29, 1.82) is 0 Å². The average Bonchev–Trinajstić information content (AvgIpc) is 2.89. The highest BCUT2D eigenvalue weighted by molar-refractivity contribution is 14.1. The van der Waals surface area contributed by atoms with Crippen LogP contribution in [0.25, 0.3) is 0 Å². The van der Waals surface area contributed by atoms with E-state index in [4.69, 9.17) is 9.47 Å². The molecule has 2 N–H and O–H groups in total. The molecule has 0 aliphatic heterocycles. The van der Waals surface area contributed by atoms with Crippen LogP contribution in [-0.4, -0.2) is 89.2 Å². The Bertz CT molecular complexity index is 1040. The van der Waals surface area contributed by atoms with Gasteiger partial charge in [0.2, 0.25) is 11.8 Å². The lowest BCUT2D eigenvalue weighted by atomic mass is 10.0. The monoisotopic (exact) mass is 1020 g/mol. The second-order valence-corrected chi connectivity index (χ2v) is 14.8. The largest absolute Gasteiger partial charge is 0.495 e. The lowest BCUT2D eigenvalue weighted by molar-refractivity contribution is -0.126. The van der Waals surface area contributed by atoms with Crippen molar-refractivity contribution in [1.82, 2.24) is 20.4 Å². The predicted molar refractivity (Wildman–Crippen MR) is 199 cm³/mol. The number of unbranched alkanes of at least 4 members (excludes halogenated alkanes) is 2. The van der Waals surface area contributed by atoms with Crippen LogP contribution in [0.1, 0.15) is 30.4 Å². The van der Waals surface area contributed by atoms with Crippen molar-refractivity contribution in [2.24, 2.45) is 0 Å². The van der Waals surface area contributed by atoms with Crippen molar-refractivity contribution in [2.75, 3.05) is 55.5 Å². The number of benzene rings is 2. The summed E-state index contributed by atoms with van der Waals surface area (Å²) < 4.78 is 15.1. The molecule has 0 bridgehead atoms. The van der Waals surface area contributed by atoms with E-state index < -0.39 is 0 Å². The highest BCUT2D eigenvalue weighted by Crippen LogP contribution is 2.30. The van der Waals surface area contributed by atoms with Crippen LogP contribution in [0.2, 0.25) is 0 Å². The first-order valence-corrected chi connectivity index (χ1v) is 17.6. The normalized spacial score (nSPS) is 12.8. The van der Waals surface area contributed by atoms with E-state index in [2.05, 4.69) is 125 Å². The van der Waals surface area contributed by atoms with Crippen LogP contribution < -0.4 is 20.1 Å². The third-order valence-corrected chi connectivity index (χ3v) is 9.89. The Labute approximate surface area is 299 Å². The third-order valence-electron chi connectivity index (χ3n) is 6.69. The lowest BCUT2D eigenvalue weighted by Crippen LogP contribution is -2.45. The van der Waals surface area contributed by atoms with Gasteiger partial charge in [-0.15, -0.1) is 0 Å². The first-order valence-electron chi connectivity index (χ1n) is 13.3. The molecule has 12 heteroatoms. The SMILES string of the molecule is COc1c(I)cc(C[C@@H](C(=O)NCCCCCNC(=O)[C@H](Cc2cc(I)c(OC)c(I)c2)N(C)C)N(C)C)cc1I. The minimum absolute atomic E-state index is 0.0285. The molecule has 0 saturated carbocycles. The molecule has 0 unspecified atom stereocenters. The number of hydrogen-bond donors (Lipinski definition) is 2. The van der Waals surface area contributed by atoms with Crippen molar-refractivity contribution in [3.05, 3.63) is 49.7 Å². The summed E-state index contributed by atoms with van der Waals surface area (Å²) in [6, 6.07) is 7.82. The van der Waals surface area contributed by atoms with Crippen molar-refractivity contribution >= 4 is 102 Å². The van der Waals surface area contributed by atoms with Crippen LogP contribution in [0.4, 0.5) is 0 Å². The molecular weight excluding hydrogens is 976 g/mol. The van der Waals surface area contributed by atoms with E-state index in [-0.39, 0.29) is 23.9 Å². The Morgan fingerprint density at radius 1 is 0.659 bits per heavy atom. The Morgan fingerprint density at radius 2 is 0.976 bits per heavy atom. The van der Waals surface area contributed by atoms with E-state index in [1.54, 1.807) is 14.2 Å². The number of halogens is 4. The van der Waals surface area contributed by atoms with Crippen molar-refractivity contribution in [3.63, 3.8) is 0 Å². The molecule has 0 aliphatic carbocycles. The average molecular weight is 1020 g/mol. The number of carbonyl (C=O) groups is 2. The Hall–Kier alpha value is -0.180. The number of methoxy groups -OCH3 is 2. The van der Waals surface area contributed by atoms with Gasteiger partial charge in [0.25, 0.3) is 0 Å². The van der Waals surface area contributed by atoms with Gasteiger partial charge in [-0.1, -0.05) is 0 Å². The summed E-state index contributed by atoms with van der Waals surface area (Å²) in [6.45, 7) is 1.23. The Balaban J connectivity index is 1.78. The van der Waals surface area contributed by atoms with Gasteiger partial charge in [0.1, 0.15) is 11.5 Å². The minimum Gasteiger partial charge on any atom is -0.495 e. The maximum Gasteiger partial charge on any atom is 0.237 e. The lowest BCUT2D eigenvalue weighted by Gasteiger charge is -2.24. The van der Waals surface area contributed by atoms with Gasteiger partial charge in [-0.3, -0.25) is 19.4 Å². The summed E-state index contributed by atoms with van der Waals surface area (Å²) >= 11 is 9.10. The standard InChI is InChI=1S/C29H40I4N4O4/c1-36(2)24(16-18-12-20(30)26(40-5)21(31)13-18)28(38)34-10-8-7-9-11-35-29(39)25(37(3)4)17-19-14-22(32)27(41-6)23(33)15-19/h12-15,24-25H,7-11,16-17H2,1-6H3,(H,34,38)(H,35,39)/t24-,25-/m0/s1. The van der Waals surface area contributed by atoms with Gasteiger partial charge in [0.15, 0.2) is 0 Å². The minimum atomic E-state index is -0.255. The van der Waals surface area contributed by atoms with E-state index in [0.29, 0.717) is 25.9 Å². The molecule has 8 nitrogen and oxygen atoms in total. The molecular formula is C29H40I4N4O4. The maximum absolute atomic E-state index is 13.0. The zero-order chi connectivity index (χ0) is 30.7. The molecule has 0 saturated heterocycles. The fourth-order valence-corrected chi connectivity index (χ4v) is 9.08. The predicted octanol–water partition coefficient (Wildman–Crippen LogP) is 5.17. The van der Waals surface area contributed by atoms with Gasteiger partial charge in [-0.25, -0.2) is 0 Å². The van der Waals surface area contributed by atoms with Crippen LogP contribution in [0.15, 0.2) is 24.3 Å². The molecule has 2 aromatic carbocycles. The summed E-state index contributed by atoms with van der Waals surface area (Å²) in [5.41, 5.74) is 2.22. The molecule has 0 radical (unpaired) electrons. The number of carbonyl (C=O) groups excluding carboxylic acids is 2. The van der Waals surface area contributed by atoms with Gasteiger partial charge in [-0.05, 0) is 186 Å². The zero-order valence-corrected chi connectivity index (χ0v) is 33.1. The van der Waals surface area contributed by atoms with Crippen LogP contribution in [-0.2, 0) is 22.4 Å². The summed E-state index contributed by atoms with van der Waals surface area (Å²) in [7, 11) is 11.1. The van der Waals surface area contributed by atoms with E-state index in [0.717, 1.165) is 56.2 Å². The van der Waals surface area contributed by atoms with Gasteiger partial charge >= 0.3 is 0 Å². The third kappa shape index (κ3) is 11.7.